The monoisotopic (exact) mass is 450 g/mol. The second-order valence-corrected chi connectivity index (χ2v) is 9.76. The molecule has 0 saturated heterocycles. The summed E-state index contributed by atoms with van der Waals surface area (Å²) in [4.78, 5) is 0. The first-order chi connectivity index (χ1) is 16.5. The van der Waals surface area contributed by atoms with Gasteiger partial charge in [0.25, 0.3) is 0 Å². The molecule has 3 aromatic carbocycles. The summed E-state index contributed by atoms with van der Waals surface area (Å²) in [6, 6.07) is 27.3. The second kappa shape index (κ2) is 12.6. The van der Waals surface area contributed by atoms with Gasteiger partial charge in [-0.15, -0.1) is 0 Å². The highest BCUT2D eigenvalue weighted by atomic mass is 14.3. The van der Waals surface area contributed by atoms with Crippen LogP contribution < -0.4 is 0 Å². The molecule has 0 aliphatic heterocycles. The minimum absolute atomic E-state index is 0.213. The number of allylic oxidation sites excluding steroid dienone is 1. The lowest BCUT2D eigenvalue weighted by Gasteiger charge is -2.28. The average molecular weight is 451 g/mol. The van der Waals surface area contributed by atoms with Crippen LogP contribution in [0.2, 0.25) is 0 Å². The number of benzene rings is 3. The number of hydrogen-bond acceptors (Lipinski definition) is 0. The Morgan fingerprint density at radius 3 is 1.68 bits per heavy atom. The van der Waals surface area contributed by atoms with Crippen molar-refractivity contribution in [2.45, 2.75) is 77.6 Å². The van der Waals surface area contributed by atoms with Crippen molar-refractivity contribution in [3.63, 3.8) is 0 Å². The van der Waals surface area contributed by atoms with Crippen LogP contribution in [-0.2, 0) is 5.41 Å². The van der Waals surface area contributed by atoms with Crippen LogP contribution in [0.4, 0.5) is 0 Å². The molecule has 1 unspecified atom stereocenters. The zero-order valence-corrected chi connectivity index (χ0v) is 21.7. The Hall–Kier alpha value is -2.86. The molecule has 0 heterocycles. The summed E-state index contributed by atoms with van der Waals surface area (Å²) in [5.41, 5.74) is 8.09. The Morgan fingerprint density at radius 2 is 1.21 bits per heavy atom. The summed E-state index contributed by atoms with van der Waals surface area (Å²) in [5, 5.41) is 0. The van der Waals surface area contributed by atoms with Gasteiger partial charge < -0.3 is 0 Å². The number of hydrogen-bond donors (Lipinski definition) is 0. The van der Waals surface area contributed by atoms with Gasteiger partial charge >= 0.3 is 0 Å². The van der Waals surface area contributed by atoms with Gasteiger partial charge in [-0.3, -0.25) is 0 Å². The van der Waals surface area contributed by atoms with E-state index in [-0.39, 0.29) is 11.3 Å². The maximum Gasteiger partial charge on any atom is 0.0340 e. The van der Waals surface area contributed by atoms with E-state index in [1.54, 1.807) is 0 Å². The van der Waals surface area contributed by atoms with Crippen LogP contribution in [0.5, 0.6) is 0 Å². The van der Waals surface area contributed by atoms with E-state index in [1.807, 2.05) is 6.08 Å². The fourth-order valence-corrected chi connectivity index (χ4v) is 4.67. The lowest BCUT2D eigenvalue weighted by Crippen LogP contribution is -2.19. The van der Waals surface area contributed by atoms with E-state index in [2.05, 4.69) is 119 Å². The predicted octanol–water partition coefficient (Wildman–Crippen LogP) is 10.2. The number of rotatable bonds is 12. The van der Waals surface area contributed by atoms with E-state index in [1.165, 1.54) is 47.1 Å². The quantitative estimate of drug-likeness (QED) is 0.190. The predicted molar refractivity (Wildman–Crippen MR) is 151 cm³/mol. The molecule has 0 heteroatoms. The molecule has 0 aliphatic rings. The first-order valence-corrected chi connectivity index (χ1v) is 13.1. The van der Waals surface area contributed by atoms with Crippen molar-refractivity contribution in [1.29, 1.82) is 0 Å². The molecule has 0 amide bonds. The average Bonchev–Trinajstić information content (AvgIpc) is 2.90. The Kier molecular flexibility index (Phi) is 9.52. The minimum atomic E-state index is 0.213. The molecule has 0 nitrogen and oxygen atoms in total. The van der Waals surface area contributed by atoms with Crippen molar-refractivity contribution in [3.05, 3.63) is 119 Å². The van der Waals surface area contributed by atoms with Gasteiger partial charge in [0, 0.05) is 5.92 Å². The van der Waals surface area contributed by atoms with Crippen LogP contribution in [-0.4, -0.2) is 0 Å². The molecule has 0 radical (unpaired) electrons. The summed E-state index contributed by atoms with van der Waals surface area (Å²) in [7, 11) is 0. The van der Waals surface area contributed by atoms with Crippen LogP contribution >= 0.6 is 0 Å². The maximum atomic E-state index is 3.91. The van der Waals surface area contributed by atoms with E-state index in [0.29, 0.717) is 0 Å². The van der Waals surface area contributed by atoms with Gasteiger partial charge in [-0.25, -0.2) is 0 Å². The normalized spacial score (nSPS) is 12.7. The standard InChI is InChI=1S/C34H42/c1-6-10-11-12-13-14-28-17-21-30(22-18-28)33(29-19-15-27(7-2)16-20-29)31-23-25-32(26-24-31)34(5,8-3)9-4/h7,13-26,33H,2,6,8-12H2,1,3-5H3/b14-13+. The molecule has 3 rings (SSSR count). The Labute approximate surface area is 208 Å². The van der Waals surface area contributed by atoms with Crippen LogP contribution in [0, 0.1) is 0 Å². The van der Waals surface area contributed by atoms with Crippen molar-refractivity contribution in [2.24, 2.45) is 0 Å². The molecule has 0 saturated carbocycles. The second-order valence-electron chi connectivity index (χ2n) is 9.76. The van der Waals surface area contributed by atoms with E-state index in [9.17, 15) is 0 Å². The van der Waals surface area contributed by atoms with Gasteiger partial charge in [-0.1, -0.05) is 138 Å². The fourth-order valence-electron chi connectivity index (χ4n) is 4.67. The van der Waals surface area contributed by atoms with Crippen molar-refractivity contribution in [1.82, 2.24) is 0 Å². The Morgan fingerprint density at radius 1 is 0.706 bits per heavy atom. The van der Waals surface area contributed by atoms with Crippen LogP contribution in [0.15, 0.2) is 85.5 Å². The molecule has 0 N–H and O–H groups in total. The van der Waals surface area contributed by atoms with E-state index in [0.717, 1.165) is 24.8 Å². The highest BCUT2D eigenvalue weighted by molar-refractivity contribution is 5.54. The van der Waals surface area contributed by atoms with E-state index < -0.39 is 0 Å². The van der Waals surface area contributed by atoms with Gasteiger partial charge in [0.15, 0.2) is 0 Å². The third-order valence-electron chi connectivity index (χ3n) is 7.56. The Bertz CT molecular complexity index is 1030. The van der Waals surface area contributed by atoms with Gasteiger partial charge in [0.1, 0.15) is 0 Å². The van der Waals surface area contributed by atoms with Gasteiger partial charge in [-0.05, 0) is 64.5 Å². The molecular formula is C34H42. The maximum absolute atomic E-state index is 3.91. The highest BCUT2D eigenvalue weighted by Crippen LogP contribution is 2.36. The van der Waals surface area contributed by atoms with E-state index >= 15 is 0 Å². The summed E-state index contributed by atoms with van der Waals surface area (Å²) < 4.78 is 0. The molecule has 0 aliphatic carbocycles. The molecule has 1 atom stereocenters. The first kappa shape index (κ1) is 25.8. The third-order valence-corrected chi connectivity index (χ3v) is 7.56. The Balaban J connectivity index is 1.92. The summed E-state index contributed by atoms with van der Waals surface area (Å²) in [6.07, 6.45) is 13.8. The van der Waals surface area contributed by atoms with Crippen LogP contribution in [0.25, 0.3) is 12.2 Å². The highest BCUT2D eigenvalue weighted by Gasteiger charge is 2.23. The summed E-state index contributed by atoms with van der Waals surface area (Å²) in [6.45, 7) is 13.1. The SMILES string of the molecule is C=Cc1ccc(C(c2ccc(/C=C/CCCCC)cc2)c2ccc(C(C)(CC)CC)cc2)cc1. The van der Waals surface area contributed by atoms with E-state index in [4.69, 9.17) is 0 Å². The lowest BCUT2D eigenvalue weighted by atomic mass is 9.76. The zero-order valence-electron chi connectivity index (χ0n) is 21.7. The van der Waals surface area contributed by atoms with Crippen molar-refractivity contribution in [2.75, 3.05) is 0 Å². The summed E-state index contributed by atoms with van der Waals surface area (Å²) in [5.74, 6) is 0.213. The van der Waals surface area contributed by atoms with Gasteiger partial charge in [0.2, 0.25) is 0 Å². The molecule has 0 bridgehead atoms. The van der Waals surface area contributed by atoms with Gasteiger partial charge in [0.05, 0.1) is 0 Å². The largest absolute Gasteiger partial charge is 0.0985 e. The van der Waals surface area contributed by atoms with Gasteiger partial charge in [-0.2, -0.15) is 0 Å². The molecule has 0 aromatic heterocycles. The van der Waals surface area contributed by atoms with Crippen molar-refractivity contribution in [3.8, 4) is 0 Å². The zero-order chi connectivity index (χ0) is 24.4. The first-order valence-electron chi connectivity index (χ1n) is 13.1. The molecule has 178 valence electrons. The summed E-state index contributed by atoms with van der Waals surface area (Å²) >= 11 is 0. The molecule has 3 aromatic rings. The minimum Gasteiger partial charge on any atom is -0.0985 e. The van der Waals surface area contributed by atoms with Crippen LogP contribution in [0.1, 0.15) is 106 Å². The van der Waals surface area contributed by atoms with Crippen molar-refractivity contribution >= 4 is 12.2 Å². The molecule has 0 spiro atoms. The number of unbranched alkanes of at least 4 members (excludes halogenated alkanes) is 3. The topological polar surface area (TPSA) is 0 Å². The molecule has 0 fully saturated rings. The fraction of sp³-hybridized carbons (Fsp3) is 0.353. The molecular weight excluding hydrogens is 408 g/mol. The van der Waals surface area contributed by atoms with Crippen LogP contribution in [0.3, 0.4) is 0 Å². The third kappa shape index (κ3) is 6.38. The lowest BCUT2D eigenvalue weighted by molar-refractivity contribution is 0.439. The van der Waals surface area contributed by atoms with Crippen molar-refractivity contribution < 1.29 is 0 Å². The molecule has 34 heavy (non-hydrogen) atoms. The smallest absolute Gasteiger partial charge is 0.0340 e.